The Labute approximate surface area is 136 Å². The van der Waals surface area contributed by atoms with Gasteiger partial charge in [0.15, 0.2) is 0 Å². The van der Waals surface area contributed by atoms with Crippen molar-refractivity contribution in [3.05, 3.63) is 41.2 Å². The average molecular weight is 330 g/mol. The quantitative estimate of drug-likeness (QED) is 0.672. The van der Waals surface area contributed by atoms with Gasteiger partial charge in [-0.05, 0) is 18.0 Å². The van der Waals surface area contributed by atoms with Crippen LogP contribution in [-0.2, 0) is 11.2 Å². The molecule has 0 aliphatic rings. The van der Waals surface area contributed by atoms with E-state index in [1.807, 2.05) is 24.4 Å². The zero-order chi connectivity index (χ0) is 15.4. The number of hydrogen-bond donors (Lipinski definition) is 2. The predicted molar refractivity (Wildman–Crippen MR) is 90.2 cm³/mol. The van der Waals surface area contributed by atoms with Crippen LogP contribution in [0.25, 0.3) is 10.9 Å². The number of aromatic amines is 1. The highest BCUT2D eigenvalue weighted by Gasteiger charge is 2.08. The van der Waals surface area contributed by atoms with E-state index in [0.29, 0.717) is 12.2 Å². The van der Waals surface area contributed by atoms with Gasteiger partial charge in [0, 0.05) is 25.1 Å². The molecule has 0 unspecified atom stereocenters. The highest BCUT2D eigenvalue weighted by atomic mass is 32.2. The Bertz CT molecular complexity index is 818. The van der Waals surface area contributed by atoms with Crippen LogP contribution in [0.3, 0.4) is 0 Å². The third-order valence-electron chi connectivity index (χ3n) is 3.15. The second kappa shape index (κ2) is 6.83. The van der Waals surface area contributed by atoms with Crippen molar-refractivity contribution in [2.24, 2.45) is 0 Å². The van der Waals surface area contributed by atoms with Crippen LogP contribution < -0.4 is 4.72 Å². The van der Waals surface area contributed by atoms with Crippen LogP contribution in [0.1, 0.15) is 10.6 Å². The van der Waals surface area contributed by atoms with Gasteiger partial charge in [0.2, 0.25) is 0 Å². The maximum atomic E-state index is 9.08. The molecule has 2 N–H and O–H groups in total. The van der Waals surface area contributed by atoms with Crippen molar-refractivity contribution in [2.45, 2.75) is 10.6 Å². The molecule has 0 radical (unpaired) electrons. The summed E-state index contributed by atoms with van der Waals surface area (Å²) in [6.45, 7) is 0.684. The predicted octanol–water partition coefficient (Wildman–Crippen LogP) is 3.80. The van der Waals surface area contributed by atoms with Crippen molar-refractivity contribution < 1.29 is 4.74 Å². The first-order valence-electron chi connectivity index (χ1n) is 6.68. The van der Waals surface area contributed by atoms with Crippen molar-refractivity contribution in [3.63, 3.8) is 0 Å². The number of thiazole rings is 1. The third-order valence-corrected chi connectivity index (χ3v) is 5.13. The van der Waals surface area contributed by atoms with Gasteiger partial charge in [-0.15, -0.1) is 11.3 Å². The summed E-state index contributed by atoms with van der Waals surface area (Å²) in [5.74, 6) is 0. The summed E-state index contributed by atoms with van der Waals surface area (Å²) >= 11 is 3.18. The lowest BCUT2D eigenvalue weighted by Crippen LogP contribution is -1.92. The molecule has 3 rings (SSSR count). The Morgan fingerprint density at radius 1 is 1.50 bits per heavy atom. The lowest BCUT2D eigenvalue weighted by molar-refractivity contribution is 0.202. The standard InChI is InChI=1S/C15H14N4OS2/c1-20-6-5-13-17-9-14(21-13)22-19-12-4-2-3-11-10(7-16)8-18-15(11)12/h2-4,8-9,18-19H,5-6H2,1H3. The molecule has 0 aliphatic heterocycles. The van der Waals surface area contributed by atoms with Crippen LogP contribution in [0.15, 0.2) is 34.8 Å². The van der Waals surface area contributed by atoms with Gasteiger partial charge in [0.25, 0.3) is 0 Å². The fourth-order valence-electron chi connectivity index (χ4n) is 2.08. The summed E-state index contributed by atoms with van der Waals surface area (Å²) in [6.07, 6.45) is 4.43. The van der Waals surface area contributed by atoms with Crippen LogP contribution in [0.5, 0.6) is 0 Å². The summed E-state index contributed by atoms with van der Waals surface area (Å²) in [7, 11) is 1.69. The number of methoxy groups -OCH3 is 1. The van der Waals surface area contributed by atoms with E-state index in [9.17, 15) is 0 Å². The number of nitriles is 1. The number of nitrogens with one attached hydrogen (secondary N) is 2. The van der Waals surface area contributed by atoms with E-state index in [4.69, 9.17) is 10.00 Å². The van der Waals surface area contributed by atoms with Gasteiger partial charge in [0.1, 0.15) is 10.3 Å². The second-order valence-corrected chi connectivity index (χ2v) is 6.78. The fraction of sp³-hybridized carbons (Fsp3) is 0.200. The number of nitrogens with zero attached hydrogens (tertiary/aromatic N) is 2. The number of para-hydroxylation sites is 1. The van der Waals surface area contributed by atoms with Gasteiger partial charge >= 0.3 is 0 Å². The molecule has 3 aromatic rings. The highest BCUT2D eigenvalue weighted by Crippen LogP contribution is 2.31. The van der Waals surface area contributed by atoms with Crippen LogP contribution in [0.2, 0.25) is 0 Å². The van der Waals surface area contributed by atoms with Crippen molar-refractivity contribution in [1.29, 1.82) is 5.26 Å². The number of aromatic nitrogens is 2. The largest absolute Gasteiger partial charge is 0.384 e. The molecule has 0 saturated heterocycles. The smallest absolute Gasteiger partial charge is 0.101 e. The molecule has 112 valence electrons. The number of anilines is 1. The first-order valence-corrected chi connectivity index (χ1v) is 8.32. The topological polar surface area (TPSA) is 73.7 Å². The van der Waals surface area contributed by atoms with Crippen molar-refractivity contribution >= 4 is 39.9 Å². The fourth-order valence-corrected chi connectivity index (χ4v) is 3.78. The van der Waals surface area contributed by atoms with Gasteiger partial charge in [0.05, 0.1) is 34.6 Å². The minimum Gasteiger partial charge on any atom is -0.384 e. The summed E-state index contributed by atoms with van der Waals surface area (Å²) < 4.78 is 9.48. The van der Waals surface area contributed by atoms with Crippen molar-refractivity contribution in [3.8, 4) is 6.07 Å². The maximum absolute atomic E-state index is 9.08. The Morgan fingerprint density at radius 2 is 2.41 bits per heavy atom. The molecular weight excluding hydrogens is 316 g/mol. The second-order valence-electron chi connectivity index (χ2n) is 4.56. The molecule has 0 fully saturated rings. The number of rotatable bonds is 6. The van der Waals surface area contributed by atoms with E-state index in [1.165, 1.54) is 11.9 Å². The van der Waals surface area contributed by atoms with Gasteiger partial charge in [-0.3, -0.25) is 0 Å². The first-order chi connectivity index (χ1) is 10.8. The minimum atomic E-state index is 0.656. The molecule has 5 nitrogen and oxygen atoms in total. The molecule has 0 amide bonds. The number of ether oxygens (including phenoxy) is 1. The molecule has 0 spiro atoms. The Balaban J connectivity index is 1.73. The molecule has 0 bridgehead atoms. The van der Waals surface area contributed by atoms with Crippen LogP contribution in [0, 0.1) is 11.3 Å². The van der Waals surface area contributed by atoms with Crippen molar-refractivity contribution in [1.82, 2.24) is 9.97 Å². The van der Waals surface area contributed by atoms with Gasteiger partial charge in [-0.25, -0.2) is 4.98 Å². The van der Waals surface area contributed by atoms with E-state index in [2.05, 4.69) is 20.8 Å². The lowest BCUT2D eigenvalue weighted by Gasteiger charge is -2.04. The molecule has 1 aromatic carbocycles. The molecule has 2 heterocycles. The highest BCUT2D eigenvalue weighted by molar-refractivity contribution is 8.02. The van der Waals surface area contributed by atoms with E-state index < -0.39 is 0 Å². The summed E-state index contributed by atoms with van der Waals surface area (Å²) in [6, 6.07) is 8.06. The minimum absolute atomic E-state index is 0.656. The molecular formula is C15H14N4OS2. The monoisotopic (exact) mass is 330 g/mol. The molecule has 7 heteroatoms. The molecule has 0 aliphatic carbocycles. The number of fused-ring (bicyclic) bond motifs is 1. The SMILES string of the molecule is COCCc1ncc(SNc2cccc3c(C#N)c[nH]c23)s1. The number of benzene rings is 1. The van der Waals surface area contributed by atoms with E-state index >= 15 is 0 Å². The van der Waals surface area contributed by atoms with Crippen molar-refractivity contribution in [2.75, 3.05) is 18.4 Å². The Kier molecular flexibility index (Phi) is 4.63. The zero-order valence-electron chi connectivity index (χ0n) is 11.9. The molecule has 0 atom stereocenters. The Morgan fingerprint density at radius 3 is 3.23 bits per heavy atom. The van der Waals surface area contributed by atoms with E-state index in [0.717, 1.165) is 32.2 Å². The lowest BCUT2D eigenvalue weighted by atomic mass is 10.2. The maximum Gasteiger partial charge on any atom is 0.101 e. The van der Waals surface area contributed by atoms with Gasteiger partial charge < -0.3 is 14.4 Å². The first kappa shape index (κ1) is 14.9. The van der Waals surface area contributed by atoms with Crippen LogP contribution in [0.4, 0.5) is 5.69 Å². The van der Waals surface area contributed by atoms with Crippen LogP contribution in [-0.4, -0.2) is 23.7 Å². The average Bonchev–Trinajstić information content (AvgIpc) is 3.17. The molecule has 22 heavy (non-hydrogen) atoms. The van der Waals surface area contributed by atoms with Gasteiger partial charge in [-0.2, -0.15) is 5.26 Å². The van der Waals surface area contributed by atoms with E-state index in [1.54, 1.807) is 24.6 Å². The van der Waals surface area contributed by atoms with Gasteiger partial charge in [-0.1, -0.05) is 12.1 Å². The zero-order valence-corrected chi connectivity index (χ0v) is 13.6. The number of hydrogen-bond acceptors (Lipinski definition) is 6. The normalized spacial score (nSPS) is 10.7. The summed E-state index contributed by atoms with van der Waals surface area (Å²) in [4.78, 5) is 7.52. The third kappa shape index (κ3) is 3.09. The van der Waals surface area contributed by atoms with Crippen LogP contribution >= 0.6 is 23.3 Å². The molecule has 0 saturated carbocycles. The Hall–Kier alpha value is -2.01. The number of H-pyrrole nitrogens is 1. The summed E-state index contributed by atoms with van der Waals surface area (Å²) in [5, 5.41) is 11.1. The summed E-state index contributed by atoms with van der Waals surface area (Å²) in [5.41, 5.74) is 2.55. The van der Waals surface area contributed by atoms with E-state index in [-0.39, 0.29) is 0 Å². The molecule has 2 aromatic heterocycles.